The smallest absolute Gasteiger partial charge is 0.308 e. The summed E-state index contributed by atoms with van der Waals surface area (Å²) in [6.45, 7) is 1.89. The number of aliphatic hydroxyl groups excluding tert-OH is 1. The fourth-order valence-corrected chi connectivity index (χ4v) is 4.83. The van der Waals surface area contributed by atoms with Crippen LogP contribution in [0, 0.1) is 17.3 Å². The SMILES string of the molecule is COC(=O)CC(O)[C@]12C(=O)C=C(C)C[C@H]1C[C@@H]1OC(=O)CC[C@@H]12. The van der Waals surface area contributed by atoms with Gasteiger partial charge in [-0.25, -0.2) is 0 Å². The van der Waals surface area contributed by atoms with Crippen molar-refractivity contribution >= 4 is 17.7 Å². The van der Waals surface area contributed by atoms with Crippen molar-refractivity contribution in [3.63, 3.8) is 0 Å². The van der Waals surface area contributed by atoms with Crippen LogP contribution < -0.4 is 0 Å². The van der Waals surface area contributed by atoms with Crippen molar-refractivity contribution in [1.29, 1.82) is 0 Å². The van der Waals surface area contributed by atoms with E-state index < -0.39 is 17.5 Å². The third-order valence-corrected chi connectivity index (χ3v) is 5.71. The van der Waals surface area contributed by atoms with Gasteiger partial charge in [0.15, 0.2) is 5.78 Å². The van der Waals surface area contributed by atoms with Gasteiger partial charge in [0.1, 0.15) is 6.10 Å². The molecule has 3 aliphatic rings. The first kappa shape index (κ1) is 16.2. The quantitative estimate of drug-likeness (QED) is 0.784. The van der Waals surface area contributed by atoms with Gasteiger partial charge in [-0.05, 0) is 38.2 Å². The molecule has 1 saturated heterocycles. The highest BCUT2D eigenvalue weighted by molar-refractivity contribution is 5.98. The average Bonchev–Trinajstić information content (AvgIpc) is 2.80. The van der Waals surface area contributed by atoms with E-state index in [9.17, 15) is 19.5 Å². The van der Waals surface area contributed by atoms with Crippen LogP contribution in [0.25, 0.3) is 0 Å². The van der Waals surface area contributed by atoms with Crippen molar-refractivity contribution in [1.82, 2.24) is 0 Å². The molecule has 0 aromatic rings. The Morgan fingerprint density at radius 2 is 2.26 bits per heavy atom. The fraction of sp³-hybridized carbons (Fsp3) is 0.706. The van der Waals surface area contributed by atoms with Gasteiger partial charge in [-0.1, -0.05) is 5.57 Å². The number of fused-ring (bicyclic) bond motifs is 3. The number of rotatable bonds is 3. The van der Waals surface area contributed by atoms with E-state index in [4.69, 9.17) is 4.74 Å². The van der Waals surface area contributed by atoms with Gasteiger partial charge in [0, 0.05) is 12.3 Å². The van der Waals surface area contributed by atoms with Gasteiger partial charge in [-0.2, -0.15) is 0 Å². The van der Waals surface area contributed by atoms with Crippen LogP contribution in [0.4, 0.5) is 0 Å². The number of ether oxygens (including phenoxy) is 2. The molecule has 0 aromatic heterocycles. The number of hydrogen-bond acceptors (Lipinski definition) is 6. The highest BCUT2D eigenvalue weighted by Crippen LogP contribution is 2.59. The monoisotopic (exact) mass is 322 g/mol. The summed E-state index contributed by atoms with van der Waals surface area (Å²) >= 11 is 0. The minimum absolute atomic E-state index is 0.111. The van der Waals surface area contributed by atoms with Crippen molar-refractivity contribution in [2.24, 2.45) is 17.3 Å². The number of methoxy groups -OCH3 is 1. The van der Waals surface area contributed by atoms with Gasteiger partial charge >= 0.3 is 11.9 Å². The largest absolute Gasteiger partial charge is 0.469 e. The Morgan fingerprint density at radius 3 is 2.96 bits per heavy atom. The molecule has 1 heterocycles. The Balaban J connectivity index is 2.00. The Labute approximate surface area is 134 Å². The second kappa shape index (κ2) is 5.74. The molecule has 0 radical (unpaired) electrons. The molecule has 2 aliphatic carbocycles. The van der Waals surface area contributed by atoms with Gasteiger partial charge in [-0.3, -0.25) is 14.4 Å². The van der Waals surface area contributed by atoms with Crippen molar-refractivity contribution in [3.8, 4) is 0 Å². The highest BCUT2D eigenvalue weighted by Gasteiger charge is 2.65. The predicted molar refractivity (Wildman–Crippen MR) is 79.2 cm³/mol. The van der Waals surface area contributed by atoms with Gasteiger partial charge in [0.05, 0.1) is 25.0 Å². The van der Waals surface area contributed by atoms with E-state index in [0.717, 1.165) is 5.57 Å². The number of carbonyl (C=O) groups excluding carboxylic acids is 3. The molecule has 6 heteroatoms. The van der Waals surface area contributed by atoms with Crippen molar-refractivity contribution in [2.75, 3.05) is 7.11 Å². The zero-order chi connectivity index (χ0) is 16.8. The Morgan fingerprint density at radius 1 is 1.52 bits per heavy atom. The van der Waals surface area contributed by atoms with Gasteiger partial charge in [0.2, 0.25) is 0 Å². The van der Waals surface area contributed by atoms with E-state index in [1.165, 1.54) is 7.11 Å². The summed E-state index contributed by atoms with van der Waals surface area (Å²) in [6.07, 6.45) is 1.88. The number of ketones is 1. The molecule has 23 heavy (non-hydrogen) atoms. The zero-order valence-electron chi connectivity index (χ0n) is 13.4. The Kier molecular flexibility index (Phi) is 4.04. The van der Waals surface area contributed by atoms with Crippen molar-refractivity contribution in [3.05, 3.63) is 11.6 Å². The molecule has 0 bridgehead atoms. The highest BCUT2D eigenvalue weighted by atomic mass is 16.5. The standard InChI is InChI=1S/C17H22O6/c1-9-5-10-7-12-11(3-4-15(20)23-12)17(10,13(18)6-9)14(19)8-16(21)22-2/h6,10-12,14,19H,3-5,7-8H2,1-2H3/t10-,11-,12-,14?,17+/m0/s1. The van der Waals surface area contributed by atoms with Crippen LogP contribution in [0.3, 0.4) is 0 Å². The fourth-order valence-electron chi connectivity index (χ4n) is 4.83. The molecule has 0 spiro atoms. The third kappa shape index (κ3) is 2.40. The minimum atomic E-state index is -1.12. The summed E-state index contributed by atoms with van der Waals surface area (Å²) in [5.41, 5.74) is -0.0788. The molecule has 0 aromatic carbocycles. The first-order valence-corrected chi connectivity index (χ1v) is 8.05. The average molecular weight is 322 g/mol. The van der Waals surface area contributed by atoms with E-state index in [0.29, 0.717) is 19.3 Å². The number of allylic oxidation sites excluding steroid dienone is 2. The normalized spacial score (nSPS) is 37.3. The maximum atomic E-state index is 12.9. The number of hydrogen-bond donors (Lipinski definition) is 1. The maximum Gasteiger partial charge on any atom is 0.308 e. The first-order valence-electron chi connectivity index (χ1n) is 8.05. The van der Waals surface area contributed by atoms with E-state index in [2.05, 4.69) is 4.74 Å². The summed E-state index contributed by atoms with van der Waals surface area (Å²) < 4.78 is 10.1. The predicted octanol–water partition coefficient (Wildman–Crippen LogP) is 1.16. The molecule has 2 fully saturated rings. The van der Waals surface area contributed by atoms with Crippen LogP contribution in [0.15, 0.2) is 11.6 Å². The van der Waals surface area contributed by atoms with Crippen LogP contribution in [-0.2, 0) is 23.9 Å². The van der Waals surface area contributed by atoms with Crippen LogP contribution >= 0.6 is 0 Å². The summed E-state index contributed by atoms with van der Waals surface area (Å²) in [6, 6.07) is 0. The molecular formula is C17H22O6. The summed E-state index contributed by atoms with van der Waals surface area (Å²) in [5, 5.41) is 10.8. The van der Waals surface area contributed by atoms with Crippen LogP contribution in [-0.4, -0.2) is 42.1 Å². The lowest BCUT2D eigenvalue weighted by Crippen LogP contribution is -2.53. The molecule has 1 saturated carbocycles. The van der Waals surface area contributed by atoms with E-state index in [-0.39, 0.29) is 42.5 Å². The Hall–Kier alpha value is -1.69. The molecule has 1 N–H and O–H groups in total. The molecular weight excluding hydrogens is 300 g/mol. The molecule has 126 valence electrons. The van der Waals surface area contributed by atoms with Crippen LogP contribution in [0.1, 0.15) is 39.0 Å². The maximum absolute atomic E-state index is 12.9. The van der Waals surface area contributed by atoms with Crippen molar-refractivity contribution < 1.29 is 29.0 Å². The molecule has 6 nitrogen and oxygen atoms in total. The van der Waals surface area contributed by atoms with Crippen LogP contribution in [0.2, 0.25) is 0 Å². The molecule has 5 atom stereocenters. The molecule has 1 unspecified atom stereocenters. The summed E-state index contributed by atoms with van der Waals surface area (Å²) in [4.78, 5) is 36.2. The van der Waals surface area contributed by atoms with Gasteiger partial charge < -0.3 is 14.6 Å². The summed E-state index contributed by atoms with van der Waals surface area (Å²) in [5.74, 6) is -1.28. The topological polar surface area (TPSA) is 89.9 Å². The first-order chi connectivity index (χ1) is 10.9. The molecule has 0 amide bonds. The summed E-state index contributed by atoms with van der Waals surface area (Å²) in [7, 11) is 1.26. The Bertz CT molecular complexity index is 580. The van der Waals surface area contributed by atoms with Gasteiger partial charge in [-0.15, -0.1) is 0 Å². The second-order valence-corrected chi connectivity index (χ2v) is 6.89. The van der Waals surface area contributed by atoms with Gasteiger partial charge in [0.25, 0.3) is 0 Å². The lowest BCUT2D eigenvalue weighted by molar-refractivity contribution is -0.167. The van der Waals surface area contributed by atoms with E-state index in [1.54, 1.807) is 6.08 Å². The third-order valence-electron chi connectivity index (χ3n) is 5.71. The minimum Gasteiger partial charge on any atom is -0.469 e. The van der Waals surface area contributed by atoms with Crippen LogP contribution in [0.5, 0.6) is 0 Å². The van der Waals surface area contributed by atoms with E-state index in [1.807, 2.05) is 6.92 Å². The van der Waals surface area contributed by atoms with E-state index >= 15 is 0 Å². The second-order valence-electron chi connectivity index (χ2n) is 6.89. The lowest BCUT2D eigenvalue weighted by Gasteiger charge is -2.45. The number of esters is 2. The molecule has 1 aliphatic heterocycles. The number of carbonyl (C=O) groups is 3. The zero-order valence-corrected chi connectivity index (χ0v) is 13.4. The molecule has 3 rings (SSSR count). The lowest BCUT2D eigenvalue weighted by atomic mass is 9.59. The number of aliphatic hydroxyl groups is 1. The van der Waals surface area contributed by atoms with Crippen molar-refractivity contribution in [2.45, 2.75) is 51.2 Å².